The number of benzene rings is 2. The van der Waals surface area contributed by atoms with E-state index in [9.17, 15) is 12.8 Å². The van der Waals surface area contributed by atoms with Gasteiger partial charge in [-0.15, -0.1) is 0 Å². The molecule has 0 aromatic heterocycles. The minimum Gasteiger partial charge on any atom is -0.455 e. The highest BCUT2D eigenvalue weighted by Crippen LogP contribution is 2.30. The van der Waals surface area contributed by atoms with Crippen molar-refractivity contribution in [2.45, 2.75) is 11.8 Å². The first-order valence-electron chi connectivity index (χ1n) is 5.81. The molecule has 2 rings (SSSR count). The fraction of sp³-hybridized carbons (Fsp3) is 0.143. The zero-order chi connectivity index (χ0) is 14.9. The average molecular weight is 295 g/mol. The standard InChI is InChI=1S/C14H14FNO3S/c1-9-3-4-10(7-12(9)15)19-14-6-5-11(8-13(14)16)20(2,17)18/h3-8H,16H2,1-2H3. The van der Waals surface area contributed by atoms with Gasteiger partial charge in [0.15, 0.2) is 9.84 Å². The molecule has 0 radical (unpaired) electrons. The normalized spacial score (nSPS) is 11.3. The Morgan fingerprint density at radius 3 is 2.40 bits per heavy atom. The monoisotopic (exact) mass is 295 g/mol. The molecule has 0 atom stereocenters. The zero-order valence-electron chi connectivity index (χ0n) is 11.1. The van der Waals surface area contributed by atoms with E-state index in [0.29, 0.717) is 11.3 Å². The van der Waals surface area contributed by atoms with E-state index in [1.165, 1.54) is 24.3 Å². The molecule has 2 aromatic carbocycles. The van der Waals surface area contributed by atoms with Crippen LogP contribution in [0.2, 0.25) is 0 Å². The molecule has 0 fully saturated rings. The first-order valence-corrected chi connectivity index (χ1v) is 7.70. The van der Waals surface area contributed by atoms with Crippen LogP contribution in [-0.4, -0.2) is 14.7 Å². The van der Waals surface area contributed by atoms with Crippen LogP contribution in [0.1, 0.15) is 5.56 Å². The summed E-state index contributed by atoms with van der Waals surface area (Å²) < 4.78 is 41.6. The van der Waals surface area contributed by atoms with Gasteiger partial charge in [-0.05, 0) is 36.8 Å². The highest BCUT2D eigenvalue weighted by atomic mass is 32.2. The molecule has 0 aliphatic rings. The maximum Gasteiger partial charge on any atom is 0.175 e. The summed E-state index contributed by atoms with van der Waals surface area (Å²) in [7, 11) is -3.32. The van der Waals surface area contributed by atoms with Gasteiger partial charge in [-0.1, -0.05) is 6.07 Å². The molecular formula is C14H14FNO3S. The van der Waals surface area contributed by atoms with Crippen LogP contribution in [0.25, 0.3) is 0 Å². The number of nitrogens with two attached hydrogens (primary N) is 1. The smallest absolute Gasteiger partial charge is 0.175 e. The van der Waals surface area contributed by atoms with Gasteiger partial charge in [-0.3, -0.25) is 0 Å². The average Bonchev–Trinajstić information content (AvgIpc) is 2.35. The summed E-state index contributed by atoms with van der Waals surface area (Å²) in [6, 6.07) is 8.61. The van der Waals surface area contributed by atoms with Crippen molar-refractivity contribution in [3.63, 3.8) is 0 Å². The quantitative estimate of drug-likeness (QED) is 0.884. The van der Waals surface area contributed by atoms with E-state index in [-0.39, 0.29) is 22.1 Å². The highest BCUT2D eigenvalue weighted by Gasteiger charge is 2.11. The Kier molecular flexibility index (Phi) is 3.67. The van der Waals surface area contributed by atoms with Gasteiger partial charge < -0.3 is 10.5 Å². The Balaban J connectivity index is 2.32. The lowest BCUT2D eigenvalue weighted by Gasteiger charge is -2.10. The molecule has 0 saturated heterocycles. The van der Waals surface area contributed by atoms with Crippen molar-refractivity contribution in [2.75, 3.05) is 12.0 Å². The maximum absolute atomic E-state index is 13.4. The lowest BCUT2D eigenvalue weighted by Crippen LogP contribution is -2.00. The fourth-order valence-electron chi connectivity index (χ4n) is 1.61. The molecule has 20 heavy (non-hydrogen) atoms. The number of anilines is 1. The lowest BCUT2D eigenvalue weighted by molar-refractivity contribution is 0.478. The van der Waals surface area contributed by atoms with Crippen molar-refractivity contribution in [1.82, 2.24) is 0 Å². The predicted octanol–water partition coefficient (Wildman–Crippen LogP) is 2.91. The van der Waals surface area contributed by atoms with Gasteiger partial charge in [-0.25, -0.2) is 12.8 Å². The summed E-state index contributed by atoms with van der Waals surface area (Å²) >= 11 is 0. The highest BCUT2D eigenvalue weighted by molar-refractivity contribution is 7.90. The van der Waals surface area contributed by atoms with Gasteiger partial charge in [0, 0.05) is 12.3 Å². The minimum atomic E-state index is -3.32. The van der Waals surface area contributed by atoms with Crippen molar-refractivity contribution < 1.29 is 17.5 Å². The largest absolute Gasteiger partial charge is 0.455 e. The predicted molar refractivity (Wildman–Crippen MR) is 75.2 cm³/mol. The molecule has 4 nitrogen and oxygen atoms in total. The van der Waals surface area contributed by atoms with E-state index in [1.54, 1.807) is 19.1 Å². The maximum atomic E-state index is 13.4. The van der Waals surface area contributed by atoms with Crippen molar-refractivity contribution in [3.05, 3.63) is 47.8 Å². The molecular weight excluding hydrogens is 281 g/mol. The number of ether oxygens (including phenoxy) is 1. The summed E-state index contributed by atoms with van der Waals surface area (Å²) in [5.74, 6) is 0.196. The van der Waals surface area contributed by atoms with Gasteiger partial charge >= 0.3 is 0 Å². The van der Waals surface area contributed by atoms with Crippen molar-refractivity contribution >= 4 is 15.5 Å². The van der Waals surface area contributed by atoms with Gasteiger partial charge in [-0.2, -0.15) is 0 Å². The summed E-state index contributed by atoms with van der Waals surface area (Å²) in [5.41, 5.74) is 6.44. The Bertz CT molecular complexity index is 757. The topological polar surface area (TPSA) is 69.4 Å². The number of aryl methyl sites for hydroxylation is 1. The van der Waals surface area contributed by atoms with Crippen molar-refractivity contribution in [2.24, 2.45) is 0 Å². The van der Waals surface area contributed by atoms with Crippen LogP contribution in [0, 0.1) is 12.7 Å². The fourth-order valence-corrected chi connectivity index (χ4v) is 2.27. The van der Waals surface area contributed by atoms with Gasteiger partial charge in [0.1, 0.15) is 17.3 Å². The van der Waals surface area contributed by atoms with Gasteiger partial charge in [0.05, 0.1) is 10.6 Å². The number of sulfone groups is 1. The van der Waals surface area contributed by atoms with E-state index in [0.717, 1.165) is 6.26 Å². The second-order valence-corrected chi connectivity index (χ2v) is 6.50. The molecule has 0 aliphatic heterocycles. The summed E-state index contributed by atoms with van der Waals surface area (Å²) in [4.78, 5) is 0.109. The molecule has 0 aliphatic carbocycles. The first kappa shape index (κ1) is 14.3. The molecule has 0 amide bonds. The van der Waals surface area contributed by atoms with Crippen LogP contribution in [0.4, 0.5) is 10.1 Å². The van der Waals surface area contributed by atoms with Crippen LogP contribution >= 0.6 is 0 Å². The molecule has 0 saturated carbocycles. The van der Waals surface area contributed by atoms with E-state index >= 15 is 0 Å². The number of hydrogen-bond donors (Lipinski definition) is 1. The third-order valence-corrected chi connectivity index (χ3v) is 3.89. The molecule has 2 aromatic rings. The molecule has 0 heterocycles. The van der Waals surface area contributed by atoms with E-state index in [2.05, 4.69) is 0 Å². The van der Waals surface area contributed by atoms with Crippen LogP contribution in [0.15, 0.2) is 41.3 Å². The first-order chi connectivity index (χ1) is 9.27. The Hall–Kier alpha value is -2.08. The Labute approximate surface area is 116 Å². The SMILES string of the molecule is Cc1ccc(Oc2ccc(S(C)(=O)=O)cc2N)cc1F. The third-order valence-electron chi connectivity index (χ3n) is 2.78. The second kappa shape index (κ2) is 5.13. The number of hydrogen-bond acceptors (Lipinski definition) is 4. The molecule has 0 bridgehead atoms. The summed E-state index contributed by atoms with van der Waals surface area (Å²) in [6.07, 6.45) is 1.09. The molecule has 0 unspecified atom stereocenters. The van der Waals surface area contributed by atoms with Crippen LogP contribution in [0.5, 0.6) is 11.5 Å². The van der Waals surface area contributed by atoms with Gasteiger partial charge in [0.2, 0.25) is 0 Å². The van der Waals surface area contributed by atoms with E-state index in [1.807, 2.05) is 0 Å². The van der Waals surface area contributed by atoms with Crippen molar-refractivity contribution in [3.8, 4) is 11.5 Å². The lowest BCUT2D eigenvalue weighted by atomic mass is 10.2. The zero-order valence-corrected chi connectivity index (χ0v) is 11.9. The van der Waals surface area contributed by atoms with Crippen LogP contribution in [0.3, 0.4) is 0 Å². The molecule has 6 heteroatoms. The number of nitrogen functional groups attached to an aromatic ring is 1. The minimum absolute atomic E-state index is 0.109. The van der Waals surface area contributed by atoms with E-state index in [4.69, 9.17) is 10.5 Å². The van der Waals surface area contributed by atoms with Crippen LogP contribution < -0.4 is 10.5 Å². The van der Waals surface area contributed by atoms with E-state index < -0.39 is 9.84 Å². The van der Waals surface area contributed by atoms with Crippen molar-refractivity contribution in [1.29, 1.82) is 0 Å². The van der Waals surface area contributed by atoms with Gasteiger partial charge in [0.25, 0.3) is 0 Å². The Morgan fingerprint density at radius 2 is 1.85 bits per heavy atom. The third kappa shape index (κ3) is 3.08. The molecule has 2 N–H and O–H groups in total. The van der Waals surface area contributed by atoms with Crippen LogP contribution in [-0.2, 0) is 9.84 Å². The summed E-state index contributed by atoms with van der Waals surface area (Å²) in [6.45, 7) is 1.65. The second-order valence-electron chi connectivity index (χ2n) is 4.48. The summed E-state index contributed by atoms with van der Waals surface area (Å²) in [5, 5.41) is 0. The Morgan fingerprint density at radius 1 is 1.15 bits per heavy atom. The number of halogens is 1. The number of rotatable bonds is 3. The molecule has 106 valence electrons. The molecule has 0 spiro atoms.